The Labute approximate surface area is 108 Å². The number of carbonyl (C=O) groups is 2. The summed E-state index contributed by atoms with van der Waals surface area (Å²) in [4.78, 5) is 24.2. The first-order chi connectivity index (χ1) is 8.56. The number of urea groups is 1. The molecule has 0 aromatic rings. The lowest BCUT2D eigenvalue weighted by Gasteiger charge is -2.19. The first-order valence-corrected chi connectivity index (χ1v) is 6.51. The average molecular weight is 257 g/mol. The lowest BCUT2D eigenvalue weighted by Crippen LogP contribution is -2.41. The minimum absolute atomic E-state index is 0.000594. The number of carboxylic acid groups (broad SMARTS) is 1. The fraction of sp³-hybridized carbons (Fsp3) is 0.833. The van der Waals surface area contributed by atoms with Crippen molar-refractivity contribution >= 4 is 12.0 Å². The largest absolute Gasteiger partial charge is 0.481 e. The van der Waals surface area contributed by atoms with Crippen LogP contribution in [-0.4, -0.2) is 48.2 Å². The minimum Gasteiger partial charge on any atom is -0.481 e. The first-order valence-electron chi connectivity index (χ1n) is 6.51. The summed E-state index contributed by atoms with van der Waals surface area (Å²) in [5.74, 6) is -0.420. The molecule has 2 atom stereocenters. The summed E-state index contributed by atoms with van der Waals surface area (Å²) >= 11 is 0. The van der Waals surface area contributed by atoms with E-state index in [-0.39, 0.29) is 18.4 Å². The smallest absolute Gasteiger partial charge is 0.317 e. The summed E-state index contributed by atoms with van der Waals surface area (Å²) in [6, 6.07) is -0.102. The number of hydrogen-bond donors (Lipinski definition) is 3. The Hall–Kier alpha value is -1.30. The van der Waals surface area contributed by atoms with Crippen LogP contribution >= 0.6 is 0 Å². The third-order valence-electron chi connectivity index (χ3n) is 3.49. The van der Waals surface area contributed by atoms with E-state index in [2.05, 4.69) is 5.32 Å². The van der Waals surface area contributed by atoms with Gasteiger partial charge in [0.25, 0.3) is 0 Å². The Morgan fingerprint density at radius 1 is 1.56 bits per heavy atom. The Balaban J connectivity index is 2.29. The minimum atomic E-state index is -0.819. The fourth-order valence-electron chi connectivity index (χ4n) is 2.16. The van der Waals surface area contributed by atoms with Crippen LogP contribution in [0.1, 0.15) is 26.2 Å². The second-order valence-electron chi connectivity index (χ2n) is 4.89. The molecule has 0 bridgehead atoms. The van der Waals surface area contributed by atoms with Crippen LogP contribution in [-0.2, 0) is 4.79 Å². The van der Waals surface area contributed by atoms with E-state index in [0.29, 0.717) is 25.6 Å². The van der Waals surface area contributed by atoms with E-state index in [0.717, 1.165) is 19.4 Å². The van der Waals surface area contributed by atoms with Gasteiger partial charge in [-0.15, -0.1) is 0 Å². The number of carboxylic acids is 1. The van der Waals surface area contributed by atoms with Gasteiger partial charge in [-0.1, -0.05) is 13.3 Å². The monoisotopic (exact) mass is 257 g/mol. The zero-order valence-corrected chi connectivity index (χ0v) is 10.9. The van der Waals surface area contributed by atoms with E-state index in [1.54, 1.807) is 4.90 Å². The summed E-state index contributed by atoms with van der Waals surface area (Å²) in [6.07, 6.45) is 1.80. The third-order valence-corrected chi connectivity index (χ3v) is 3.49. The van der Waals surface area contributed by atoms with E-state index < -0.39 is 5.97 Å². The van der Waals surface area contributed by atoms with Crippen molar-refractivity contribution in [3.05, 3.63) is 0 Å². The third kappa shape index (κ3) is 4.52. The van der Waals surface area contributed by atoms with E-state index in [1.165, 1.54) is 0 Å². The molecule has 1 saturated heterocycles. The molecule has 0 radical (unpaired) electrons. The average Bonchev–Trinajstić information content (AvgIpc) is 2.82. The van der Waals surface area contributed by atoms with Crippen LogP contribution in [0.5, 0.6) is 0 Å². The van der Waals surface area contributed by atoms with Crippen LogP contribution in [0.2, 0.25) is 0 Å². The molecule has 0 aromatic carbocycles. The van der Waals surface area contributed by atoms with Gasteiger partial charge in [-0.05, 0) is 24.8 Å². The molecule has 2 amide bonds. The van der Waals surface area contributed by atoms with Crippen LogP contribution in [0.15, 0.2) is 0 Å². The van der Waals surface area contributed by atoms with Gasteiger partial charge in [-0.2, -0.15) is 0 Å². The predicted molar refractivity (Wildman–Crippen MR) is 68.2 cm³/mol. The van der Waals surface area contributed by atoms with Gasteiger partial charge in [0.1, 0.15) is 0 Å². The molecule has 4 N–H and O–H groups in total. The molecule has 0 aliphatic carbocycles. The maximum atomic E-state index is 11.8. The number of nitrogens with one attached hydrogen (secondary N) is 1. The molecule has 0 spiro atoms. The Bertz CT molecular complexity index is 296. The SMILES string of the molecule is CCC(CNC(=O)N1CCC(CN)C1)CC(=O)O. The van der Waals surface area contributed by atoms with Gasteiger partial charge in [-0.25, -0.2) is 4.79 Å². The summed E-state index contributed by atoms with van der Waals surface area (Å²) in [7, 11) is 0. The van der Waals surface area contributed by atoms with E-state index >= 15 is 0 Å². The van der Waals surface area contributed by atoms with Crippen LogP contribution in [0.4, 0.5) is 4.79 Å². The Kier molecular flexibility index (Phi) is 5.91. The molecule has 18 heavy (non-hydrogen) atoms. The van der Waals surface area contributed by atoms with Crippen molar-refractivity contribution < 1.29 is 14.7 Å². The molecule has 1 heterocycles. The lowest BCUT2D eigenvalue weighted by molar-refractivity contribution is -0.138. The molecular formula is C12H23N3O3. The maximum Gasteiger partial charge on any atom is 0.317 e. The fourth-order valence-corrected chi connectivity index (χ4v) is 2.16. The van der Waals surface area contributed by atoms with Crippen molar-refractivity contribution in [2.45, 2.75) is 26.2 Å². The zero-order valence-electron chi connectivity index (χ0n) is 10.9. The number of hydrogen-bond acceptors (Lipinski definition) is 3. The molecule has 104 valence electrons. The molecule has 1 aliphatic rings. The summed E-state index contributed by atoms with van der Waals surface area (Å²) in [5.41, 5.74) is 5.57. The zero-order chi connectivity index (χ0) is 13.5. The van der Waals surface area contributed by atoms with Crippen LogP contribution in [0, 0.1) is 11.8 Å². The highest BCUT2D eigenvalue weighted by atomic mass is 16.4. The normalized spacial score (nSPS) is 20.8. The van der Waals surface area contributed by atoms with Crippen molar-refractivity contribution in [2.24, 2.45) is 17.6 Å². The first kappa shape index (κ1) is 14.8. The van der Waals surface area contributed by atoms with Crippen LogP contribution in [0.25, 0.3) is 0 Å². The number of rotatable bonds is 6. The number of aliphatic carboxylic acids is 1. The Morgan fingerprint density at radius 3 is 2.78 bits per heavy atom. The van der Waals surface area contributed by atoms with Gasteiger partial charge in [0.05, 0.1) is 0 Å². The molecule has 0 aromatic heterocycles. The van der Waals surface area contributed by atoms with Gasteiger partial charge >= 0.3 is 12.0 Å². The van der Waals surface area contributed by atoms with Gasteiger partial charge in [0, 0.05) is 26.1 Å². The van der Waals surface area contributed by atoms with Crippen molar-refractivity contribution in [1.82, 2.24) is 10.2 Å². The molecule has 1 fully saturated rings. The molecule has 6 heteroatoms. The molecule has 0 saturated carbocycles. The van der Waals surface area contributed by atoms with Gasteiger partial charge in [0.15, 0.2) is 0 Å². The molecule has 6 nitrogen and oxygen atoms in total. The second-order valence-corrected chi connectivity index (χ2v) is 4.89. The topological polar surface area (TPSA) is 95.7 Å². The van der Waals surface area contributed by atoms with E-state index in [9.17, 15) is 9.59 Å². The van der Waals surface area contributed by atoms with Gasteiger partial charge < -0.3 is 21.1 Å². The van der Waals surface area contributed by atoms with Crippen LogP contribution in [0.3, 0.4) is 0 Å². The quantitative estimate of drug-likeness (QED) is 0.645. The van der Waals surface area contributed by atoms with Crippen molar-refractivity contribution in [1.29, 1.82) is 0 Å². The summed E-state index contributed by atoms with van der Waals surface area (Å²) in [6.45, 7) is 4.41. The highest BCUT2D eigenvalue weighted by Crippen LogP contribution is 2.15. The van der Waals surface area contributed by atoms with Crippen molar-refractivity contribution in [3.63, 3.8) is 0 Å². The number of nitrogens with zero attached hydrogens (tertiary/aromatic N) is 1. The lowest BCUT2D eigenvalue weighted by atomic mass is 10.0. The standard InChI is InChI=1S/C12H23N3O3/c1-2-9(5-11(16)17)7-14-12(18)15-4-3-10(6-13)8-15/h9-10H,2-8,13H2,1H3,(H,14,18)(H,16,17). The summed E-state index contributed by atoms with van der Waals surface area (Å²) in [5, 5.41) is 11.5. The van der Waals surface area contributed by atoms with Crippen LogP contribution < -0.4 is 11.1 Å². The van der Waals surface area contributed by atoms with E-state index in [4.69, 9.17) is 10.8 Å². The molecule has 1 aliphatic heterocycles. The number of nitrogens with two attached hydrogens (primary N) is 1. The molecule has 1 rings (SSSR count). The molecule has 2 unspecified atom stereocenters. The maximum absolute atomic E-state index is 11.8. The number of carbonyl (C=O) groups excluding carboxylic acids is 1. The van der Waals surface area contributed by atoms with Crippen molar-refractivity contribution in [3.8, 4) is 0 Å². The number of amides is 2. The van der Waals surface area contributed by atoms with Gasteiger partial charge in [0.2, 0.25) is 0 Å². The summed E-state index contributed by atoms with van der Waals surface area (Å²) < 4.78 is 0. The highest BCUT2D eigenvalue weighted by Gasteiger charge is 2.25. The Morgan fingerprint density at radius 2 is 2.28 bits per heavy atom. The van der Waals surface area contributed by atoms with Crippen molar-refractivity contribution in [2.75, 3.05) is 26.2 Å². The molecular weight excluding hydrogens is 234 g/mol. The van der Waals surface area contributed by atoms with Gasteiger partial charge in [-0.3, -0.25) is 4.79 Å². The highest BCUT2D eigenvalue weighted by molar-refractivity contribution is 5.74. The van der Waals surface area contributed by atoms with E-state index in [1.807, 2.05) is 6.92 Å². The number of likely N-dealkylation sites (tertiary alicyclic amines) is 1. The second kappa shape index (κ2) is 7.20. The predicted octanol–water partition coefficient (Wildman–Crippen LogP) is 0.478.